The monoisotopic (exact) mass is 363 g/mol. The number of hydrogen-bond donors (Lipinski definition) is 0. The summed E-state index contributed by atoms with van der Waals surface area (Å²) in [5, 5.41) is 0. The summed E-state index contributed by atoms with van der Waals surface area (Å²) in [6.45, 7) is 7.77. The summed E-state index contributed by atoms with van der Waals surface area (Å²) in [6, 6.07) is 10.5. The molecule has 0 unspecified atom stereocenters. The third kappa shape index (κ3) is 11.4. The lowest BCUT2D eigenvalue weighted by molar-refractivity contribution is 0.142. The zero-order chi connectivity index (χ0) is 18.2. The number of hydrogen-bond acceptors (Lipinski definition) is 2. The molecule has 0 bridgehead atoms. The Kier molecular flexibility index (Phi) is 13.7. The molecule has 0 saturated heterocycles. The first-order valence-corrected chi connectivity index (χ1v) is 13.6. The second kappa shape index (κ2) is 15.5. The molecule has 1 aromatic rings. The Hall–Kier alpha value is -0.803. The molecule has 0 aliphatic carbocycles. The van der Waals surface area contributed by atoms with E-state index in [1.807, 2.05) is 0 Å². The van der Waals surface area contributed by atoms with E-state index in [-0.39, 0.29) is 0 Å². The number of para-hydroxylation sites is 1. The second-order valence-electron chi connectivity index (χ2n) is 7.48. The second-order valence-corrected chi connectivity index (χ2v) is 10.1. The van der Waals surface area contributed by atoms with Gasteiger partial charge in [0, 0.05) is 0 Å². The predicted molar refractivity (Wildman–Crippen MR) is 115 cm³/mol. The molecular weight excluding hydrogens is 322 g/mol. The van der Waals surface area contributed by atoms with Gasteiger partial charge >= 0.3 is 0 Å². The molecule has 0 aliphatic rings. The molecule has 25 heavy (non-hydrogen) atoms. The normalized spacial score (nSPS) is 11.2. The third-order valence-electron chi connectivity index (χ3n) is 4.71. The van der Waals surface area contributed by atoms with Crippen LogP contribution in [0.4, 0.5) is 5.69 Å². The fourth-order valence-electron chi connectivity index (χ4n) is 3.20. The SMILES string of the molecule is CCCCCCCCCCCCCCON(c1ccccc1)[SiH](C)C. The topological polar surface area (TPSA) is 12.5 Å². The minimum Gasteiger partial charge on any atom is -0.288 e. The molecule has 0 fully saturated rings. The first-order valence-electron chi connectivity index (χ1n) is 10.7. The van der Waals surface area contributed by atoms with Crippen molar-refractivity contribution >= 4 is 14.6 Å². The van der Waals surface area contributed by atoms with Crippen molar-refractivity contribution in [3.05, 3.63) is 30.3 Å². The molecule has 0 saturated carbocycles. The van der Waals surface area contributed by atoms with E-state index >= 15 is 0 Å². The third-order valence-corrected chi connectivity index (χ3v) is 6.09. The van der Waals surface area contributed by atoms with E-state index in [9.17, 15) is 0 Å². The van der Waals surface area contributed by atoms with Crippen LogP contribution in [0.1, 0.15) is 84.0 Å². The van der Waals surface area contributed by atoms with Crippen LogP contribution in [0.2, 0.25) is 13.1 Å². The summed E-state index contributed by atoms with van der Waals surface area (Å²) in [7, 11) is -0.990. The predicted octanol–water partition coefficient (Wildman–Crippen LogP) is 7.11. The summed E-state index contributed by atoms with van der Waals surface area (Å²) >= 11 is 0. The summed E-state index contributed by atoms with van der Waals surface area (Å²) in [5.41, 5.74) is 1.21. The Morgan fingerprint density at radius 2 is 1.20 bits per heavy atom. The van der Waals surface area contributed by atoms with Crippen molar-refractivity contribution in [3.8, 4) is 0 Å². The molecule has 0 N–H and O–H groups in total. The largest absolute Gasteiger partial charge is 0.288 e. The van der Waals surface area contributed by atoms with Crippen molar-refractivity contribution in [2.75, 3.05) is 11.3 Å². The molecule has 0 atom stereocenters. The van der Waals surface area contributed by atoms with Gasteiger partial charge in [0.25, 0.3) is 0 Å². The lowest BCUT2D eigenvalue weighted by Crippen LogP contribution is -2.34. The molecule has 1 aromatic carbocycles. The van der Waals surface area contributed by atoms with Crippen LogP contribution in [-0.4, -0.2) is 15.6 Å². The molecule has 0 heterocycles. The van der Waals surface area contributed by atoms with Crippen LogP contribution in [-0.2, 0) is 4.84 Å². The molecular formula is C22H41NOSi. The van der Waals surface area contributed by atoms with E-state index in [0.717, 1.165) is 6.61 Å². The quantitative estimate of drug-likeness (QED) is 0.176. The van der Waals surface area contributed by atoms with Crippen LogP contribution < -0.4 is 4.73 Å². The molecule has 0 amide bonds. The summed E-state index contributed by atoms with van der Waals surface area (Å²) < 4.78 is 2.18. The lowest BCUT2D eigenvalue weighted by Gasteiger charge is -2.27. The average molecular weight is 364 g/mol. The lowest BCUT2D eigenvalue weighted by atomic mass is 10.1. The van der Waals surface area contributed by atoms with Crippen molar-refractivity contribution in [2.24, 2.45) is 0 Å². The van der Waals surface area contributed by atoms with Gasteiger partial charge in [0.2, 0.25) is 0 Å². The fraction of sp³-hybridized carbons (Fsp3) is 0.727. The Morgan fingerprint density at radius 1 is 0.720 bits per heavy atom. The van der Waals surface area contributed by atoms with Gasteiger partial charge in [0.05, 0.1) is 12.3 Å². The van der Waals surface area contributed by atoms with Gasteiger partial charge in [0.1, 0.15) is 0 Å². The number of nitrogens with zero attached hydrogens (tertiary/aromatic N) is 1. The van der Waals surface area contributed by atoms with Gasteiger partial charge < -0.3 is 0 Å². The van der Waals surface area contributed by atoms with Gasteiger partial charge in [-0.25, -0.2) is 0 Å². The van der Waals surface area contributed by atoms with Gasteiger partial charge in [0.15, 0.2) is 8.96 Å². The van der Waals surface area contributed by atoms with E-state index in [0.29, 0.717) is 0 Å². The first-order chi connectivity index (χ1) is 12.3. The van der Waals surface area contributed by atoms with Gasteiger partial charge in [-0.3, -0.25) is 9.57 Å². The highest BCUT2D eigenvalue weighted by Crippen LogP contribution is 2.16. The molecule has 1 rings (SSSR count). The van der Waals surface area contributed by atoms with Crippen molar-refractivity contribution in [2.45, 2.75) is 97.1 Å². The van der Waals surface area contributed by atoms with Crippen molar-refractivity contribution in [1.29, 1.82) is 0 Å². The number of rotatable bonds is 16. The zero-order valence-electron chi connectivity index (χ0n) is 17.0. The van der Waals surface area contributed by atoms with Gasteiger partial charge in [-0.05, 0) is 18.6 Å². The van der Waals surface area contributed by atoms with Gasteiger partial charge in [-0.15, -0.1) is 0 Å². The Labute approximate surface area is 158 Å². The van der Waals surface area contributed by atoms with Crippen LogP contribution in [0.15, 0.2) is 30.3 Å². The van der Waals surface area contributed by atoms with Crippen molar-refractivity contribution < 1.29 is 4.84 Å². The van der Waals surface area contributed by atoms with E-state index in [1.165, 1.54) is 82.7 Å². The molecule has 144 valence electrons. The minimum atomic E-state index is -0.990. The van der Waals surface area contributed by atoms with E-state index in [4.69, 9.17) is 4.84 Å². The Balaban J connectivity index is 1.95. The average Bonchev–Trinajstić information content (AvgIpc) is 2.62. The van der Waals surface area contributed by atoms with Crippen LogP contribution in [0.3, 0.4) is 0 Å². The number of unbranched alkanes of at least 4 members (excludes halogenated alkanes) is 11. The fourth-order valence-corrected chi connectivity index (χ4v) is 4.37. The van der Waals surface area contributed by atoms with Crippen LogP contribution in [0.5, 0.6) is 0 Å². The first kappa shape index (κ1) is 22.2. The van der Waals surface area contributed by atoms with E-state index < -0.39 is 8.96 Å². The van der Waals surface area contributed by atoms with Crippen molar-refractivity contribution in [1.82, 2.24) is 0 Å². The Morgan fingerprint density at radius 3 is 1.68 bits per heavy atom. The molecule has 0 radical (unpaired) electrons. The van der Waals surface area contributed by atoms with E-state index in [2.05, 4.69) is 55.1 Å². The Bertz CT molecular complexity index is 396. The summed E-state index contributed by atoms with van der Waals surface area (Å²) in [6.07, 6.45) is 16.7. The van der Waals surface area contributed by atoms with Crippen molar-refractivity contribution in [3.63, 3.8) is 0 Å². The molecule has 0 aromatic heterocycles. The summed E-state index contributed by atoms with van der Waals surface area (Å²) in [5.74, 6) is 0. The maximum absolute atomic E-state index is 6.08. The maximum atomic E-state index is 6.08. The van der Waals surface area contributed by atoms with Gasteiger partial charge in [-0.1, -0.05) is 109 Å². The zero-order valence-corrected chi connectivity index (χ0v) is 18.2. The highest BCUT2D eigenvalue weighted by molar-refractivity contribution is 6.59. The highest BCUT2D eigenvalue weighted by atomic mass is 28.3. The minimum absolute atomic E-state index is 0.859. The smallest absolute Gasteiger partial charge is 0.170 e. The summed E-state index contributed by atoms with van der Waals surface area (Å²) in [4.78, 5) is 6.08. The van der Waals surface area contributed by atoms with Crippen LogP contribution in [0, 0.1) is 0 Å². The van der Waals surface area contributed by atoms with Crippen LogP contribution in [0.25, 0.3) is 0 Å². The van der Waals surface area contributed by atoms with E-state index in [1.54, 1.807) is 0 Å². The highest BCUT2D eigenvalue weighted by Gasteiger charge is 2.11. The molecule has 0 aliphatic heterocycles. The maximum Gasteiger partial charge on any atom is 0.170 e. The standard InChI is InChI=1S/C22H41NOSi/c1-4-5-6-7-8-9-10-11-12-13-14-18-21-24-23(25(2)3)22-19-16-15-17-20-22/h15-17,19-20,25H,4-14,18,21H2,1-3H3. The number of anilines is 1. The van der Waals surface area contributed by atoms with Gasteiger partial charge in [-0.2, -0.15) is 0 Å². The molecule has 0 spiro atoms. The number of benzene rings is 1. The molecule has 3 heteroatoms. The van der Waals surface area contributed by atoms with Crippen LogP contribution >= 0.6 is 0 Å². The molecule has 2 nitrogen and oxygen atoms in total.